The van der Waals surface area contributed by atoms with Gasteiger partial charge in [0.15, 0.2) is 11.5 Å². The molecule has 0 aliphatic rings. The molecule has 0 saturated carbocycles. The van der Waals surface area contributed by atoms with Crippen LogP contribution in [0.25, 0.3) is 11.3 Å². The zero-order chi connectivity index (χ0) is 21.5. The Morgan fingerprint density at radius 3 is 2.33 bits per heavy atom. The zero-order valence-corrected chi connectivity index (χ0v) is 17.1. The highest BCUT2D eigenvalue weighted by Gasteiger charge is 2.12. The fourth-order valence-electron chi connectivity index (χ4n) is 3.00. The number of aromatic nitrogens is 1. The van der Waals surface area contributed by atoms with Gasteiger partial charge in [0.05, 0.1) is 31.8 Å². The van der Waals surface area contributed by atoms with E-state index in [0.29, 0.717) is 29.3 Å². The molecule has 1 aromatic heterocycles. The standard InChI is InChI=1S/C23H23N3O4/c1-15(27)26-19-11-12-20(24-14-19)16-7-9-17(10-8-16)23(28)25-13-18-5-4-6-21(29-2)22(18)30-3/h4-12,14H,13H2,1-3H3,(H,25,28)(H,26,27). The fourth-order valence-corrected chi connectivity index (χ4v) is 3.00. The van der Waals surface area contributed by atoms with Gasteiger partial charge in [-0.15, -0.1) is 0 Å². The maximum Gasteiger partial charge on any atom is 0.251 e. The molecule has 2 N–H and O–H groups in total. The van der Waals surface area contributed by atoms with Crippen LogP contribution in [0.1, 0.15) is 22.8 Å². The van der Waals surface area contributed by atoms with Gasteiger partial charge in [-0.2, -0.15) is 0 Å². The van der Waals surface area contributed by atoms with Crippen molar-refractivity contribution in [1.29, 1.82) is 0 Å². The van der Waals surface area contributed by atoms with Crippen molar-refractivity contribution in [1.82, 2.24) is 10.3 Å². The van der Waals surface area contributed by atoms with Crippen LogP contribution >= 0.6 is 0 Å². The lowest BCUT2D eigenvalue weighted by atomic mass is 10.1. The van der Waals surface area contributed by atoms with Crippen molar-refractivity contribution in [2.75, 3.05) is 19.5 Å². The molecule has 3 rings (SSSR count). The predicted molar refractivity (Wildman–Crippen MR) is 115 cm³/mol. The molecular formula is C23H23N3O4. The van der Waals surface area contributed by atoms with Crippen molar-refractivity contribution in [3.63, 3.8) is 0 Å². The van der Waals surface area contributed by atoms with E-state index in [9.17, 15) is 9.59 Å². The number of para-hydroxylation sites is 1. The summed E-state index contributed by atoms with van der Waals surface area (Å²) in [6, 6.07) is 16.3. The Balaban J connectivity index is 1.66. The van der Waals surface area contributed by atoms with Crippen molar-refractivity contribution in [3.8, 4) is 22.8 Å². The maximum atomic E-state index is 12.5. The summed E-state index contributed by atoms with van der Waals surface area (Å²) in [6.45, 7) is 1.76. The number of carbonyl (C=O) groups is 2. The number of methoxy groups -OCH3 is 2. The summed E-state index contributed by atoms with van der Waals surface area (Å²) in [6.07, 6.45) is 1.60. The van der Waals surface area contributed by atoms with E-state index in [1.807, 2.05) is 30.3 Å². The lowest BCUT2D eigenvalue weighted by molar-refractivity contribution is -0.114. The summed E-state index contributed by atoms with van der Waals surface area (Å²) in [5.74, 6) is 0.877. The molecule has 0 saturated heterocycles. The number of ether oxygens (including phenoxy) is 2. The average molecular weight is 405 g/mol. The van der Waals surface area contributed by atoms with Crippen LogP contribution < -0.4 is 20.1 Å². The summed E-state index contributed by atoms with van der Waals surface area (Å²) < 4.78 is 10.7. The van der Waals surface area contributed by atoms with Gasteiger partial charge in [0, 0.05) is 30.2 Å². The molecule has 154 valence electrons. The number of hydrogen-bond donors (Lipinski definition) is 2. The molecule has 0 unspecified atom stereocenters. The van der Waals surface area contributed by atoms with Gasteiger partial charge in [-0.25, -0.2) is 0 Å². The second-order valence-corrected chi connectivity index (χ2v) is 6.53. The predicted octanol–water partition coefficient (Wildman–Crippen LogP) is 3.65. The van der Waals surface area contributed by atoms with Crippen LogP contribution in [-0.4, -0.2) is 31.0 Å². The van der Waals surface area contributed by atoms with E-state index in [2.05, 4.69) is 15.6 Å². The maximum absolute atomic E-state index is 12.5. The van der Waals surface area contributed by atoms with E-state index in [0.717, 1.165) is 16.8 Å². The first-order chi connectivity index (χ1) is 14.5. The van der Waals surface area contributed by atoms with Crippen LogP contribution in [0.3, 0.4) is 0 Å². The third-order valence-electron chi connectivity index (χ3n) is 4.45. The largest absolute Gasteiger partial charge is 0.493 e. The summed E-state index contributed by atoms with van der Waals surface area (Å²) in [7, 11) is 3.14. The minimum absolute atomic E-state index is 0.147. The van der Waals surface area contributed by atoms with Gasteiger partial charge in [-0.3, -0.25) is 14.6 Å². The smallest absolute Gasteiger partial charge is 0.251 e. The summed E-state index contributed by atoms with van der Waals surface area (Å²) in [5.41, 5.74) is 3.61. The quantitative estimate of drug-likeness (QED) is 0.626. The second-order valence-electron chi connectivity index (χ2n) is 6.53. The molecule has 1 heterocycles. The highest BCUT2D eigenvalue weighted by Crippen LogP contribution is 2.30. The van der Waals surface area contributed by atoms with Crippen LogP contribution in [0.2, 0.25) is 0 Å². The Morgan fingerprint density at radius 2 is 1.73 bits per heavy atom. The van der Waals surface area contributed by atoms with Gasteiger partial charge in [0.1, 0.15) is 0 Å². The first-order valence-electron chi connectivity index (χ1n) is 9.34. The van der Waals surface area contributed by atoms with E-state index < -0.39 is 0 Å². The Bertz CT molecular complexity index is 1030. The Kier molecular flexibility index (Phi) is 6.64. The van der Waals surface area contributed by atoms with Crippen LogP contribution in [0.15, 0.2) is 60.8 Å². The molecule has 0 atom stereocenters. The van der Waals surface area contributed by atoms with Crippen molar-refractivity contribution < 1.29 is 19.1 Å². The van der Waals surface area contributed by atoms with E-state index in [-0.39, 0.29) is 11.8 Å². The number of anilines is 1. The van der Waals surface area contributed by atoms with Gasteiger partial charge in [0.25, 0.3) is 5.91 Å². The van der Waals surface area contributed by atoms with Crippen LogP contribution in [0.4, 0.5) is 5.69 Å². The molecular weight excluding hydrogens is 382 g/mol. The number of hydrogen-bond acceptors (Lipinski definition) is 5. The fraction of sp³-hybridized carbons (Fsp3) is 0.174. The molecule has 7 nitrogen and oxygen atoms in total. The SMILES string of the molecule is COc1cccc(CNC(=O)c2ccc(-c3ccc(NC(C)=O)cn3)cc2)c1OC. The van der Waals surface area contributed by atoms with Gasteiger partial charge in [0.2, 0.25) is 5.91 Å². The minimum atomic E-state index is -0.194. The van der Waals surface area contributed by atoms with Gasteiger partial charge in [-0.05, 0) is 30.3 Å². The molecule has 0 bridgehead atoms. The number of rotatable bonds is 7. The summed E-state index contributed by atoms with van der Waals surface area (Å²) in [5, 5.41) is 5.58. The van der Waals surface area contributed by atoms with E-state index in [4.69, 9.17) is 9.47 Å². The molecule has 2 amide bonds. The molecule has 0 spiro atoms. The number of nitrogens with one attached hydrogen (secondary N) is 2. The molecule has 0 aliphatic heterocycles. The third kappa shape index (κ3) is 4.94. The lowest BCUT2D eigenvalue weighted by Crippen LogP contribution is -2.23. The Hall–Kier alpha value is -3.87. The number of benzene rings is 2. The van der Waals surface area contributed by atoms with Crippen LogP contribution in [0, 0.1) is 0 Å². The number of amides is 2. The molecule has 0 fully saturated rings. The monoisotopic (exact) mass is 405 g/mol. The highest BCUT2D eigenvalue weighted by molar-refractivity contribution is 5.94. The number of carbonyl (C=O) groups excluding carboxylic acids is 2. The average Bonchev–Trinajstić information content (AvgIpc) is 2.77. The highest BCUT2D eigenvalue weighted by atomic mass is 16.5. The van der Waals surface area contributed by atoms with Gasteiger partial charge >= 0.3 is 0 Å². The number of nitrogens with zero attached hydrogens (tertiary/aromatic N) is 1. The molecule has 3 aromatic rings. The lowest BCUT2D eigenvalue weighted by Gasteiger charge is -2.13. The molecule has 7 heteroatoms. The molecule has 2 aromatic carbocycles. The topological polar surface area (TPSA) is 89.6 Å². The number of pyridine rings is 1. The second kappa shape index (κ2) is 9.56. The van der Waals surface area contributed by atoms with Crippen LogP contribution in [0.5, 0.6) is 11.5 Å². The van der Waals surface area contributed by atoms with Crippen molar-refractivity contribution in [3.05, 3.63) is 71.9 Å². The normalized spacial score (nSPS) is 10.2. The first kappa shape index (κ1) is 20.9. The van der Waals surface area contributed by atoms with Crippen molar-refractivity contribution >= 4 is 17.5 Å². The van der Waals surface area contributed by atoms with Gasteiger partial charge in [-0.1, -0.05) is 24.3 Å². The summed E-state index contributed by atoms with van der Waals surface area (Å²) in [4.78, 5) is 28.0. The zero-order valence-electron chi connectivity index (χ0n) is 17.1. The van der Waals surface area contributed by atoms with E-state index in [1.165, 1.54) is 6.92 Å². The molecule has 0 aliphatic carbocycles. The van der Waals surface area contributed by atoms with Crippen LogP contribution in [-0.2, 0) is 11.3 Å². The molecule has 0 radical (unpaired) electrons. The first-order valence-corrected chi connectivity index (χ1v) is 9.34. The Morgan fingerprint density at radius 1 is 0.967 bits per heavy atom. The van der Waals surface area contributed by atoms with E-state index >= 15 is 0 Å². The van der Waals surface area contributed by atoms with Gasteiger partial charge < -0.3 is 20.1 Å². The minimum Gasteiger partial charge on any atom is -0.493 e. The Labute approximate surface area is 175 Å². The van der Waals surface area contributed by atoms with Crippen molar-refractivity contribution in [2.45, 2.75) is 13.5 Å². The van der Waals surface area contributed by atoms with Crippen molar-refractivity contribution in [2.24, 2.45) is 0 Å². The molecule has 30 heavy (non-hydrogen) atoms. The summed E-state index contributed by atoms with van der Waals surface area (Å²) >= 11 is 0. The third-order valence-corrected chi connectivity index (χ3v) is 4.45. The van der Waals surface area contributed by atoms with E-state index in [1.54, 1.807) is 44.7 Å².